The smallest absolute Gasteiger partial charge is 0.244 e. The molecule has 0 spiro atoms. The summed E-state index contributed by atoms with van der Waals surface area (Å²) in [5.74, 6) is 0.196. The van der Waals surface area contributed by atoms with Gasteiger partial charge >= 0.3 is 0 Å². The first-order valence-corrected chi connectivity index (χ1v) is 8.61. The lowest BCUT2D eigenvalue weighted by molar-refractivity contribution is 0.314. The zero-order valence-electron chi connectivity index (χ0n) is 13.4. The van der Waals surface area contributed by atoms with Crippen LogP contribution in [0.1, 0.15) is 20.8 Å². The Morgan fingerprint density at radius 3 is 2.52 bits per heavy atom. The molecule has 0 radical (unpaired) electrons. The van der Waals surface area contributed by atoms with Crippen LogP contribution in [0.5, 0.6) is 0 Å². The maximum Gasteiger partial charge on any atom is 0.244 e. The summed E-state index contributed by atoms with van der Waals surface area (Å²) in [6.07, 6.45) is 2.96. The molecule has 21 heavy (non-hydrogen) atoms. The van der Waals surface area contributed by atoms with Crippen molar-refractivity contribution in [1.29, 1.82) is 0 Å². The van der Waals surface area contributed by atoms with Gasteiger partial charge in [-0.25, -0.2) is 13.1 Å². The van der Waals surface area contributed by atoms with Gasteiger partial charge in [0.1, 0.15) is 4.90 Å². The Kier molecular flexibility index (Phi) is 6.57. The molecule has 0 aliphatic carbocycles. The molecule has 0 saturated carbocycles. The average molecular weight is 314 g/mol. The normalized spacial score (nSPS) is 13.7. The van der Waals surface area contributed by atoms with Gasteiger partial charge in [0, 0.05) is 31.5 Å². The van der Waals surface area contributed by atoms with Crippen LogP contribution in [-0.4, -0.2) is 51.5 Å². The van der Waals surface area contributed by atoms with E-state index in [2.05, 4.69) is 15.0 Å². The van der Waals surface area contributed by atoms with E-state index in [-0.39, 0.29) is 16.9 Å². The van der Waals surface area contributed by atoms with E-state index in [0.29, 0.717) is 18.8 Å². The highest BCUT2D eigenvalue weighted by molar-refractivity contribution is 7.89. The summed E-state index contributed by atoms with van der Waals surface area (Å²) in [6, 6.07) is 1.52. The number of sulfonamides is 1. The van der Waals surface area contributed by atoms with Gasteiger partial charge in [0.05, 0.1) is 5.69 Å². The second-order valence-electron chi connectivity index (χ2n) is 5.64. The van der Waals surface area contributed by atoms with Crippen LogP contribution in [0.25, 0.3) is 0 Å². The molecule has 2 N–H and O–H groups in total. The fourth-order valence-corrected chi connectivity index (χ4v) is 3.47. The quantitative estimate of drug-likeness (QED) is 0.758. The van der Waals surface area contributed by atoms with Crippen molar-refractivity contribution in [3.05, 3.63) is 18.5 Å². The minimum Gasteiger partial charge on any atom is -0.384 e. The number of anilines is 1. The maximum absolute atomic E-state index is 12.6. The molecule has 7 heteroatoms. The van der Waals surface area contributed by atoms with Crippen LogP contribution >= 0.6 is 0 Å². The zero-order valence-corrected chi connectivity index (χ0v) is 14.2. The molecule has 1 atom stereocenters. The van der Waals surface area contributed by atoms with Gasteiger partial charge < -0.3 is 10.2 Å². The Labute approximate surface area is 128 Å². The van der Waals surface area contributed by atoms with E-state index in [1.807, 2.05) is 39.8 Å². The minimum absolute atomic E-state index is 0.153. The Hall–Kier alpha value is -1.18. The Morgan fingerprint density at radius 2 is 2.00 bits per heavy atom. The molecular formula is C14H26N4O2S. The van der Waals surface area contributed by atoms with E-state index >= 15 is 0 Å². The van der Waals surface area contributed by atoms with Crippen molar-refractivity contribution in [1.82, 2.24) is 14.6 Å². The van der Waals surface area contributed by atoms with E-state index < -0.39 is 10.0 Å². The van der Waals surface area contributed by atoms with Gasteiger partial charge in [-0.05, 0) is 33.0 Å². The monoisotopic (exact) mass is 314 g/mol. The first kappa shape index (κ1) is 17.9. The molecule has 0 amide bonds. The lowest BCUT2D eigenvalue weighted by atomic mass is 10.1. The molecule has 1 rings (SSSR count). The third-order valence-electron chi connectivity index (χ3n) is 3.11. The van der Waals surface area contributed by atoms with Crippen molar-refractivity contribution in [3.8, 4) is 0 Å². The van der Waals surface area contributed by atoms with E-state index in [1.165, 1.54) is 6.20 Å². The molecule has 0 aromatic carbocycles. The molecule has 0 aliphatic heterocycles. The summed E-state index contributed by atoms with van der Waals surface area (Å²) in [5.41, 5.74) is 0.576. The molecule has 0 bridgehead atoms. The summed E-state index contributed by atoms with van der Waals surface area (Å²) in [5, 5.41) is 3.06. The van der Waals surface area contributed by atoms with Gasteiger partial charge in [-0.3, -0.25) is 4.98 Å². The van der Waals surface area contributed by atoms with Crippen LogP contribution in [0, 0.1) is 5.92 Å². The average Bonchev–Trinajstić information content (AvgIpc) is 2.38. The van der Waals surface area contributed by atoms with Gasteiger partial charge in [0.15, 0.2) is 0 Å². The Balaban J connectivity index is 3.04. The van der Waals surface area contributed by atoms with E-state index in [4.69, 9.17) is 0 Å². The third-order valence-corrected chi connectivity index (χ3v) is 4.63. The lowest BCUT2D eigenvalue weighted by Gasteiger charge is -2.25. The second-order valence-corrected chi connectivity index (χ2v) is 7.32. The Bertz CT molecular complexity index is 544. The lowest BCUT2D eigenvalue weighted by Crippen LogP contribution is -2.45. The number of aromatic nitrogens is 1. The van der Waals surface area contributed by atoms with E-state index in [9.17, 15) is 8.42 Å². The molecule has 1 heterocycles. The summed E-state index contributed by atoms with van der Waals surface area (Å²) < 4.78 is 28.0. The standard InChI is InChI=1S/C14H26N4O2S/c1-6-16-12-7-8-15-9-14(12)21(19,20)17-13(11(2)3)10-18(4)5/h7-9,11,13,17H,6,10H2,1-5H3,(H,15,16). The SMILES string of the molecule is CCNc1ccncc1S(=O)(=O)NC(CN(C)C)C(C)C. The second kappa shape index (κ2) is 7.72. The first-order chi connectivity index (χ1) is 9.77. The molecule has 1 aromatic heterocycles. The van der Waals surface area contributed by atoms with Crippen molar-refractivity contribution >= 4 is 15.7 Å². The molecular weight excluding hydrogens is 288 g/mol. The minimum atomic E-state index is -3.60. The number of pyridine rings is 1. The topological polar surface area (TPSA) is 74.3 Å². The fraction of sp³-hybridized carbons (Fsp3) is 0.643. The van der Waals surface area contributed by atoms with Crippen LogP contribution in [0.4, 0.5) is 5.69 Å². The molecule has 1 aromatic rings. The molecule has 1 unspecified atom stereocenters. The van der Waals surface area contributed by atoms with Gasteiger partial charge in [0.25, 0.3) is 0 Å². The van der Waals surface area contributed by atoms with Gasteiger partial charge in [-0.2, -0.15) is 0 Å². The van der Waals surface area contributed by atoms with Crippen LogP contribution < -0.4 is 10.0 Å². The highest BCUT2D eigenvalue weighted by Crippen LogP contribution is 2.20. The van der Waals surface area contributed by atoms with Crippen molar-refractivity contribution in [3.63, 3.8) is 0 Å². The third kappa shape index (κ3) is 5.26. The molecule has 6 nitrogen and oxygen atoms in total. The van der Waals surface area contributed by atoms with Crippen LogP contribution in [0.3, 0.4) is 0 Å². The predicted octanol–water partition coefficient (Wildman–Crippen LogP) is 1.38. The summed E-state index contributed by atoms with van der Waals surface area (Å²) in [6.45, 7) is 7.23. The highest BCUT2D eigenvalue weighted by atomic mass is 32.2. The van der Waals surface area contributed by atoms with E-state index in [1.54, 1.807) is 12.3 Å². The summed E-state index contributed by atoms with van der Waals surface area (Å²) >= 11 is 0. The van der Waals surface area contributed by atoms with Crippen LogP contribution in [0.15, 0.2) is 23.4 Å². The highest BCUT2D eigenvalue weighted by Gasteiger charge is 2.25. The number of hydrogen-bond donors (Lipinski definition) is 2. The number of nitrogens with one attached hydrogen (secondary N) is 2. The van der Waals surface area contributed by atoms with Crippen LogP contribution in [0.2, 0.25) is 0 Å². The first-order valence-electron chi connectivity index (χ1n) is 7.12. The molecule has 0 saturated heterocycles. The number of likely N-dealkylation sites (N-methyl/N-ethyl adjacent to an activating group) is 1. The van der Waals surface area contributed by atoms with Gasteiger partial charge in [-0.15, -0.1) is 0 Å². The number of nitrogens with zero attached hydrogens (tertiary/aromatic N) is 2. The molecule has 0 aliphatic rings. The molecule has 0 fully saturated rings. The fourth-order valence-electron chi connectivity index (χ4n) is 1.97. The maximum atomic E-state index is 12.6. The zero-order chi connectivity index (χ0) is 16.0. The van der Waals surface area contributed by atoms with Gasteiger partial charge in [-0.1, -0.05) is 13.8 Å². The van der Waals surface area contributed by atoms with Gasteiger partial charge in [0.2, 0.25) is 10.0 Å². The summed E-state index contributed by atoms with van der Waals surface area (Å²) in [4.78, 5) is 6.10. The Morgan fingerprint density at radius 1 is 1.33 bits per heavy atom. The van der Waals surface area contributed by atoms with Crippen LogP contribution in [-0.2, 0) is 10.0 Å². The number of hydrogen-bond acceptors (Lipinski definition) is 5. The largest absolute Gasteiger partial charge is 0.384 e. The molecule has 120 valence electrons. The van der Waals surface area contributed by atoms with Crippen molar-refractivity contribution in [2.45, 2.75) is 31.7 Å². The van der Waals surface area contributed by atoms with Crippen molar-refractivity contribution in [2.24, 2.45) is 5.92 Å². The van der Waals surface area contributed by atoms with Crippen molar-refractivity contribution in [2.75, 3.05) is 32.5 Å². The van der Waals surface area contributed by atoms with Crippen molar-refractivity contribution < 1.29 is 8.42 Å². The van der Waals surface area contributed by atoms with E-state index in [0.717, 1.165) is 0 Å². The summed E-state index contributed by atoms with van der Waals surface area (Å²) in [7, 11) is 0.252. The predicted molar refractivity (Wildman–Crippen MR) is 85.9 cm³/mol. The number of rotatable bonds is 8.